The number of ether oxygens (including phenoxy) is 1. The molecule has 0 spiro atoms. The molecule has 3 rings (SSSR count). The molecule has 0 unspecified atom stereocenters. The molecule has 0 bridgehead atoms. The third kappa shape index (κ3) is 6.42. The van der Waals surface area contributed by atoms with Crippen LogP contribution < -0.4 is 14.4 Å². The fourth-order valence-electron chi connectivity index (χ4n) is 3.70. The van der Waals surface area contributed by atoms with Gasteiger partial charge in [-0.05, 0) is 55.8 Å². The van der Waals surface area contributed by atoms with Crippen LogP contribution in [0.4, 0.5) is 5.69 Å². The maximum Gasteiger partial charge on any atom is 0.264 e. The van der Waals surface area contributed by atoms with Crippen LogP contribution in [0.2, 0.25) is 0 Å². The van der Waals surface area contributed by atoms with E-state index in [4.69, 9.17) is 4.74 Å². The van der Waals surface area contributed by atoms with Crippen LogP contribution in [0, 0.1) is 0 Å². The molecular formula is C27H31N3O5S. The zero-order chi connectivity index (χ0) is 26.1. The highest BCUT2D eigenvalue weighted by molar-refractivity contribution is 7.92. The van der Waals surface area contributed by atoms with Crippen molar-refractivity contribution in [3.05, 3.63) is 90.5 Å². The Hall–Kier alpha value is -3.85. The quantitative estimate of drug-likeness (QED) is 0.427. The molecular weight excluding hydrogens is 478 g/mol. The van der Waals surface area contributed by atoms with Crippen LogP contribution in [0.25, 0.3) is 0 Å². The Bertz CT molecular complexity index is 1250. The predicted octanol–water partition coefficient (Wildman–Crippen LogP) is 3.44. The Morgan fingerprint density at radius 1 is 0.917 bits per heavy atom. The summed E-state index contributed by atoms with van der Waals surface area (Å²) in [5.41, 5.74) is 1.16. The maximum absolute atomic E-state index is 13.7. The molecule has 0 saturated heterocycles. The first-order chi connectivity index (χ1) is 17.3. The van der Waals surface area contributed by atoms with Crippen LogP contribution >= 0.6 is 0 Å². The van der Waals surface area contributed by atoms with E-state index in [2.05, 4.69) is 5.32 Å². The molecule has 0 aromatic heterocycles. The van der Waals surface area contributed by atoms with Crippen molar-refractivity contribution in [2.24, 2.45) is 0 Å². The average molecular weight is 510 g/mol. The van der Waals surface area contributed by atoms with Gasteiger partial charge in [0, 0.05) is 13.6 Å². The van der Waals surface area contributed by atoms with E-state index in [-0.39, 0.29) is 17.3 Å². The summed E-state index contributed by atoms with van der Waals surface area (Å²) in [5.74, 6) is -0.305. The number of nitrogens with one attached hydrogen (secondary N) is 1. The smallest absolute Gasteiger partial charge is 0.264 e. The van der Waals surface area contributed by atoms with E-state index in [9.17, 15) is 18.0 Å². The summed E-state index contributed by atoms with van der Waals surface area (Å²) in [4.78, 5) is 27.5. The maximum atomic E-state index is 13.7. The van der Waals surface area contributed by atoms with Crippen molar-refractivity contribution < 1.29 is 22.7 Å². The molecule has 3 aromatic rings. The average Bonchev–Trinajstić information content (AvgIpc) is 2.91. The molecule has 0 saturated carbocycles. The standard InChI is InChI=1S/C27H31N3O5S/c1-4-35-24-15-17-25(18-16-24)36(33,34)30(23-13-9-6-10-14-23)20-26(31)29(21(2)27(32)28-3)19-22-11-7-5-8-12-22/h5-18,21H,4,19-20H2,1-3H3,(H,28,32)/t21-/m0/s1. The highest BCUT2D eigenvalue weighted by atomic mass is 32.2. The van der Waals surface area contributed by atoms with Crippen LogP contribution in [-0.4, -0.2) is 51.4 Å². The summed E-state index contributed by atoms with van der Waals surface area (Å²) in [6.45, 7) is 3.59. The Kier molecular flexibility index (Phi) is 9.08. The number of nitrogens with zero attached hydrogens (tertiary/aromatic N) is 2. The Labute approximate surface area is 212 Å². The number of sulfonamides is 1. The fourth-order valence-corrected chi connectivity index (χ4v) is 5.11. The van der Waals surface area contributed by atoms with E-state index < -0.39 is 28.5 Å². The van der Waals surface area contributed by atoms with Gasteiger partial charge in [0.25, 0.3) is 10.0 Å². The molecule has 0 aliphatic rings. The van der Waals surface area contributed by atoms with Crippen molar-refractivity contribution >= 4 is 27.5 Å². The zero-order valence-corrected chi connectivity index (χ0v) is 21.4. The number of likely N-dealkylation sites (N-methyl/N-ethyl adjacent to an activating group) is 1. The van der Waals surface area contributed by atoms with Crippen LogP contribution in [0.15, 0.2) is 89.8 Å². The predicted molar refractivity (Wildman–Crippen MR) is 139 cm³/mol. The van der Waals surface area contributed by atoms with Gasteiger partial charge in [-0.3, -0.25) is 13.9 Å². The molecule has 1 atom stereocenters. The number of hydrogen-bond donors (Lipinski definition) is 1. The van der Waals surface area contributed by atoms with E-state index >= 15 is 0 Å². The van der Waals surface area contributed by atoms with Gasteiger partial charge in [-0.1, -0.05) is 48.5 Å². The van der Waals surface area contributed by atoms with Crippen molar-refractivity contribution in [1.82, 2.24) is 10.2 Å². The lowest BCUT2D eigenvalue weighted by atomic mass is 10.1. The van der Waals surface area contributed by atoms with Crippen molar-refractivity contribution in [1.29, 1.82) is 0 Å². The first kappa shape index (κ1) is 26.7. The number of benzene rings is 3. The highest BCUT2D eigenvalue weighted by Gasteiger charge is 2.32. The summed E-state index contributed by atoms with van der Waals surface area (Å²) < 4.78 is 33.9. The fraction of sp³-hybridized carbons (Fsp3) is 0.259. The van der Waals surface area contributed by atoms with Gasteiger partial charge >= 0.3 is 0 Å². The molecule has 8 nitrogen and oxygen atoms in total. The Balaban J connectivity index is 1.98. The molecule has 0 aliphatic heterocycles. The van der Waals surface area contributed by atoms with Gasteiger partial charge in [0.15, 0.2) is 0 Å². The van der Waals surface area contributed by atoms with E-state index in [1.807, 2.05) is 37.3 Å². The van der Waals surface area contributed by atoms with Gasteiger partial charge in [0.05, 0.1) is 17.2 Å². The van der Waals surface area contributed by atoms with Crippen molar-refractivity contribution in [2.75, 3.05) is 24.5 Å². The van der Waals surface area contributed by atoms with Gasteiger partial charge in [-0.25, -0.2) is 8.42 Å². The third-order valence-electron chi connectivity index (χ3n) is 5.66. The highest BCUT2D eigenvalue weighted by Crippen LogP contribution is 2.26. The molecule has 0 heterocycles. The normalized spacial score (nSPS) is 11.9. The summed E-state index contributed by atoms with van der Waals surface area (Å²) in [6.07, 6.45) is 0. The van der Waals surface area contributed by atoms with Crippen molar-refractivity contribution in [3.63, 3.8) is 0 Å². The lowest BCUT2D eigenvalue weighted by Gasteiger charge is -2.31. The lowest BCUT2D eigenvalue weighted by molar-refractivity contribution is -0.139. The third-order valence-corrected chi connectivity index (χ3v) is 7.44. The molecule has 0 fully saturated rings. The van der Waals surface area contributed by atoms with Gasteiger partial charge in [-0.2, -0.15) is 0 Å². The van der Waals surface area contributed by atoms with Crippen molar-refractivity contribution in [3.8, 4) is 5.75 Å². The zero-order valence-electron chi connectivity index (χ0n) is 20.6. The minimum absolute atomic E-state index is 0.0246. The minimum Gasteiger partial charge on any atom is -0.494 e. The largest absolute Gasteiger partial charge is 0.494 e. The first-order valence-corrected chi connectivity index (χ1v) is 13.1. The Morgan fingerprint density at radius 2 is 1.50 bits per heavy atom. The lowest BCUT2D eigenvalue weighted by Crippen LogP contribution is -2.50. The molecule has 190 valence electrons. The summed E-state index contributed by atoms with van der Waals surface area (Å²) in [6, 6.07) is 22.9. The van der Waals surface area contributed by atoms with Crippen LogP contribution in [0.3, 0.4) is 0 Å². The monoisotopic (exact) mass is 509 g/mol. The van der Waals surface area contributed by atoms with Gasteiger partial charge < -0.3 is 15.0 Å². The van der Waals surface area contributed by atoms with E-state index in [0.717, 1.165) is 9.87 Å². The molecule has 2 amide bonds. The second kappa shape index (κ2) is 12.2. The van der Waals surface area contributed by atoms with E-state index in [1.165, 1.54) is 24.1 Å². The second-order valence-electron chi connectivity index (χ2n) is 8.05. The minimum atomic E-state index is -4.11. The molecule has 9 heteroatoms. The van der Waals surface area contributed by atoms with E-state index in [0.29, 0.717) is 18.0 Å². The molecule has 1 N–H and O–H groups in total. The van der Waals surface area contributed by atoms with Gasteiger partial charge in [0.1, 0.15) is 18.3 Å². The number of carbonyl (C=O) groups excluding carboxylic acids is 2. The summed E-state index contributed by atoms with van der Waals surface area (Å²) in [5, 5.41) is 2.57. The topological polar surface area (TPSA) is 96.0 Å². The summed E-state index contributed by atoms with van der Waals surface area (Å²) >= 11 is 0. The van der Waals surface area contributed by atoms with Gasteiger partial charge in [0.2, 0.25) is 11.8 Å². The number of hydrogen-bond acceptors (Lipinski definition) is 5. The van der Waals surface area contributed by atoms with Gasteiger partial charge in [-0.15, -0.1) is 0 Å². The molecule has 3 aromatic carbocycles. The summed E-state index contributed by atoms with van der Waals surface area (Å²) in [7, 11) is -2.61. The van der Waals surface area contributed by atoms with E-state index in [1.54, 1.807) is 49.4 Å². The van der Waals surface area contributed by atoms with Crippen molar-refractivity contribution in [2.45, 2.75) is 31.3 Å². The SMILES string of the molecule is CCOc1ccc(S(=O)(=O)N(CC(=O)N(Cc2ccccc2)[C@@H](C)C(=O)NC)c2ccccc2)cc1. The number of para-hydroxylation sites is 1. The molecule has 36 heavy (non-hydrogen) atoms. The van der Waals surface area contributed by atoms with Crippen LogP contribution in [0.1, 0.15) is 19.4 Å². The number of amides is 2. The Morgan fingerprint density at radius 3 is 2.06 bits per heavy atom. The molecule has 0 aliphatic carbocycles. The second-order valence-corrected chi connectivity index (χ2v) is 9.91. The number of anilines is 1. The molecule has 0 radical (unpaired) electrons. The first-order valence-electron chi connectivity index (χ1n) is 11.6. The van der Waals surface area contributed by atoms with Crippen LogP contribution in [-0.2, 0) is 26.2 Å². The number of rotatable bonds is 11. The number of carbonyl (C=O) groups is 2. The van der Waals surface area contributed by atoms with Crippen LogP contribution in [0.5, 0.6) is 5.75 Å².